The molecule has 2 aromatic rings. The third kappa shape index (κ3) is 2.47. The molecule has 0 fully saturated rings. The molecule has 0 aliphatic carbocycles. The Balaban J connectivity index is 2.59. The van der Waals surface area contributed by atoms with E-state index in [1.54, 1.807) is 6.92 Å². The maximum absolute atomic E-state index is 13.8. The molecule has 2 N–H and O–H groups in total. The third-order valence-electron chi connectivity index (χ3n) is 3.02. The van der Waals surface area contributed by atoms with Crippen LogP contribution in [0.1, 0.15) is 15.9 Å². The van der Waals surface area contributed by atoms with Gasteiger partial charge in [0.15, 0.2) is 0 Å². The fraction of sp³-hybridized carbons (Fsp3) is 0.133. The molecule has 0 spiro atoms. The van der Waals surface area contributed by atoms with E-state index in [0.717, 1.165) is 6.07 Å². The predicted octanol–water partition coefficient (Wildman–Crippen LogP) is 3.31. The summed E-state index contributed by atoms with van der Waals surface area (Å²) in [5.41, 5.74) is 7.57. The lowest BCUT2D eigenvalue weighted by molar-refractivity contribution is 0.0602. The van der Waals surface area contributed by atoms with Gasteiger partial charge in [0.1, 0.15) is 11.6 Å². The summed E-state index contributed by atoms with van der Waals surface area (Å²) < 4.78 is 31.3. The van der Waals surface area contributed by atoms with Crippen molar-refractivity contribution < 1.29 is 18.3 Å². The van der Waals surface area contributed by atoms with E-state index in [0.29, 0.717) is 11.1 Å². The summed E-state index contributed by atoms with van der Waals surface area (Å²) in [5, 5.41) is 0. The first kappa shape index (κ1) is 14.0. The van der Waals surface area contributed by atoms with Gasteiger partial charge in [0.25, 0.3) is 0 Å². The van der Waals surface area contributed by atoms with Gasteiger partial charge < -0.3 is 10.5 Å². The number of hydrogen-bond acceptors (Lipinski definition) is 3. The Kier molecular flexibility index (Phi) is 3.70. The SMILES string of the molecule is COC(=O)c1cc(C)c(-c2ccc(F)cc2F)cc1N. The normalized spacial score (nSPS) is 10.4. The van der Waals surface area contributed by atoms with Crippen LogP contribution in [0.5, 0.6) is 0 Å². The first-order valence-corrected chi connectivity index (χ1v) is 5.88. The predicted molar refractivity (Wildman–Crippen MR) is 72.3 cm³/mol. The van der Waals surface area contributed by atoms with Crippen molar-refractivity contribution >= 4 is 11.7 Å². The van der Waals surface area contributed by atoms with Crippen LogP contribution in [0.25, 0.3) is 11.1 Å². The largest absolute Gasteiger partial charge is 0.465 e. The van der Waals surface area contributed by atoms with Crippen LogP contribution < -0.4 is 5.73 Å². The second kappa shape index (κ2) is 5.28. The Morgan fingerprint density at radius 2 is 1.85 bits per heavy atom. The number of rotatable bonds is 2. The van der Waals surface area contributed by atoms with E-state index >= 15 is 0 Å². The molecule has 0 radical (unpaired) electrons. The van der Waals surface area contributed by atoms with Crippen LogP contribution in [0.2, 0.25) is 0 Å². The lowest BCUT2D eigenvalue weighted by Gasteiger charge is -2.11. The van der Waals surface area contributed by atoms with Crippen LogP contribution in [0.4, 0.5) is 14.5 Å². The maximum atomic E-state index is 13.8. The Labute approximate surface area is 115 Å². The van der Waals surface area contributed by atoms with Gasteiger partial charge in [-0.25, -0.2) is 13.6 Å². The molecule has 2 aromatic carbocycles. The molecule has 0 aromatic heterocycles. The number of nitrogens with two attached hydrogens (primary N) is 1. The highest BCUT2D eigenvalue weighted by molar-refractivity contribution is 5.96. The summed E-state index contributed by atoms with van der Waals surface area (Å²) in [4.78, 5) is 11.5. The summed E-state index contributed by atoms with van der Waals surface area (Å²) >= 11 is 0. The Morgan fingerprint density at radius 3 is 2.45 bits per heavy atom. The van der Waals surface area contributed by atoms with E-state index in [1.165, 1.54) is 31.4 Å². The zero-order chi connectivity index (χ0) is 14.9. The van der Waals surface area contributed by atoms with Crippen LogP contribution >= 0.6 is 0 Å². The lowest BCUT2D eigenvalue weighted by atomic mass is 9.96. The number of carbonyl (C=O) groups is 1. The Hall–Kier alpha value is -2.43. The fourth-order valence-electron chi connectivity index (χ4n) is 2.01. The van der Waals surface area contributed by atoms with Gasteiger partial charge in [0.2, 0.25) is 0 Å². The van der Waals surface area contributed by atoms with Gasteiger partial charge in [-0.3, -0.25) is 0 Å². The molecule has 2 rings (SSSR count). The van der Waals surface area contributed by atoms with E-state index < -0.39 is 17.6 Å². The molecule has 0 atom stereocenters. The van der Waals surface area contributed by atoms with Gasteiger partial charge in [-0.15, -0.1) is 0 Å². The van der Waals surface area contributed by atoms with Crippen LogP contribution in [0, 0.1) is 18.6 Å². The standard InChI is InChI=1S/C15H13F2NO2/c1-8-5-12(15(19)20-2)14(18)7-11(8)10-4-3-9(16)6-13(10)17/h3-7H,18H2,1-2H3. The van der Waals surface area contributed by atoms with Crippen LogP contribution in [0.3, 0.4) is 0 Å². The minimum absolute atomic E-state index is 0.182. The number of halogens is 2. The first-order valence-electron chi connectivity index (χ1n) is 5.88. The monoisotopic (exact) mass is 277 g/mol. The van der Waals surface area contributed by atoms with Crippen LogP contribution in [-0.4, -0.2) is 13.1 Å². The fourth-order valence-corrected chi connectivity index (χ4v) is 2.01. The number of nitrogen functional groups attached to an aromatic ring is 1. The van der Waals surface area contributed by atoms with E-state index in [2.05, 4.69) is 4.74 Å². The number of esters is 1. The van der Waals surface area contributed by atoms with E-state index in [-0.39, 0.29) is 16.8 Å². The number of ether oxygens (including phenoxy) is 1. The van der Waals surface area contributed by atoms with Crippen molar-refractivity contribution in [3.05, 3.63) is 53.1 Å². The number of methoxy groups -OCH3 is 1. The molecular weight excluding hydrogens is 264 g/mol. The van der Waals surface area contributed by atoms with Crippen molar-refractivity contribution in [2.24, 2.45) is 0 Å². The van der Waals surface area contributed by atoms with Crippen molar-refractivity contribution in [2.75, 3.05) is 12.8 Å². The second-order valence-corrected chi connectivity index (χ2v) is 4.37. The van der Waals surface area contributed by atoms with Gasteiger partial charge >= 0.3 is 5.97 Å². The van der Waals surface area contributed by atoms with E-state index in [9.17, 15) is 13.6 Å². The molecule has 0 unspecified atom stereocenters. The quantitative estimate of drug-likeness (QED) is 0.676. The van der Waals surface area contributed by atoms with Crippen molar-refractivity contribution in [1.29, 1.82) is 0 Å². The minimum Gasteiger partial charge on any atom is -0.465 e. The van der Waals surface area contributed by atoms with Crippen molar-refractivity contribution in [1.82, 2.24) is 0 Å². The number of hydrogen-bond donors (Lipinski definition) is 1. The number of aryl methyl sites for hydroxylation is 1. The third-order valence-corrected chi connectivity index (χ3v) is 3.02. The highest BCUT2D eigenvalue weighted by Gasteiger charge is 2.15. The molecule has 0 amide bonds. The molecule has 5 heteroatoms. The Bertz CT molecular complexity index is 684. The molecule has 0 heterocycles. The summed E-state index contributed by atoms with van der Waals surface area (Å²) in [6.45, 7) is 1.71. The van der Waals surface area contributed by atoms with Gasteiger partial charge in [-0.2, -0.15) is 0 Å². The van der Waals surface area contributed by atoms with Crippen LogP contribution in [-0.2, 0) is 4.74 Å². The minimum atomic E-state index is -0.682. The van der Waals surface area contributed by atoms with Gasteiger partial charge in [0, 0.05) is 17.3 Å². The lowest BCUT2D eigenvalue weighted by Crippen LogP contribution is -2.06. The topological polar surface area (TPSA) is 52.3 Å². The maximum Gasteiger partial charge on any atom is 0.339 e. The number of carbonyl (C=O) groups excluding carboxylic acids is 1. The van der Waals surface area contributed by atoms with Gasteiger partial charge in [0.05, 0.1) is 12.7 Å². The molecule has 0 aliphatic heterocycles. The zero-order valence-electron chi connectivity index (χ0n) is 11.0. The van der Waals surface area contributed by atoms with Gasteiger partial charge in [-0.1, -0.05) is 0 Å². The summed E-state index contributed by atoms with van der Waals surface area (Å²) in [6.07, 6.45) is 0. The van der Waals surface area contributed by atoms with Crippen molar-refractivity contribution in [3.63, 3.8) is 0 Å². The van der Waals surface area contributed by atoms with Crippen molar-refractivity contribution in [2.45, 2.75) is 6.92 Å². The molecule has 0 bridgehead atoms. The Morgan fingerprint density at radius 1 is 1.15 bits per heavy atom. The zero-order valence-corrected chi connectivity index (χ0v) is 11.0. The summed E-state index contributed by atoms with van der Waals surface area (Å²) in [6, 6.07) is 6.32. The second-order valence-electron chi connectivity index (χ2n) is 4.37. The number of benzene rings is 2. The van der Waals surface area contributed by atoms with E-state index in [4.69, 9.17) is 5.73 Å². The highest BCUT2D eigenvalue weighted by Crippen LogP contribution is 2.30. The molecule has 3 nitrogen and oxygen atoms in total. The highest BCUT2D eigenvalue weighted by atomic mass is 19.1. The molecule has 0 saturated heterocycles. The summed E-state index contributed by atoms with van der Waals surface area (Å²) in [7, 11) is 1.25. The number of anilines is 1. The summed E-state index contributed by atoms with van der Waals surface area (Å²) in [5.74, 6) is -1.89. The molecule has 20 heavy (non-hydrogen) atoms. The molecule has 104 valence electrons. The average Bonchev–Trinajstić information content (AvgIpc) is 2.40. The average molecular weight is 277 g/mol. The smallest absolute Gasteiger partial charge is 0.339 e. The van der Waals surface area contributed by atoms with Gasteiger partial charge in [-0.05, 0) is 42.3 Å². The first-order chi connectivity index (χ1) is 9.43. The molecular formula is C15H13F2NO2. The molecule has 0 aliphatic rings. The van der Waals surface area contributed by atoms with Crippen molar-refractivity contribution in [3.8, 4) is 11.1 Å². The van der Waals surface area contributed by atoms with Crippen LogP contribution in [0.15, 0.2) is 30.3 Å². The molecule has 0 saturated carbocycles. The van der Waals surface area contributed by atoms with E-state index in [1.807, 2.05) is 0 Å².